The van der Waals surface area contributed by atoms with E-state index >= 15 is 0 Å². The van der Waals surface area contributed by atoms with Gasteiger partial charge in [0.25, 0.3) is 0 Å². The molecule has 2 bridgehead atoms. The van der Waals surface area contributed by atoms with Crippen LogP contribution in [0, 0.1) is 11.3 Å². The molecule has 0 aromatic heterocycles. The third kappa shape index (κ3) is 2.44. The molecule has 3 rings (SSSR count). The van der Waals surface area contributed by atoms with Crippen molar-refractivity contribution in [2.45, 2.75) is 63.9 Å². The van der Waals surface area contributed by atoms with Gasteiger partial charge in [-0.25, -0.2) is 0 Å². The molecule has 3 aliphatic rings. The largest absolute Gasteiger partial charge is 0.437 e. The molecule has 4 heteroatoms. The van der Waals surface area contributed by atoms with E-state index in [9.17, 15) is 9.59 Å². The molecule has 3 aliphatic carbocycles. The molecule has 4 nitrogen and oxygen atoms in total. The summed E-state index contributed by atoms with van der Waals surface area (Å²) in [5.41, 5.74) is -1.14. The highest BCUT2D eigenvalue weighted by Gasteiger charge is 2.55. The first-order chi connectivity index (χ1) is 10.1. The van der Waals surface area contributed by atoms with Gasteiger partial charge in [-0.1, -0.05) is 38.3 Å². The summed E-state index contributed by atoms with van der Waals surface area (Å²) in [6, 6.07) is 0. The second-order valence-electron chi connectivity index (χ2n) is 6.63. The molecule has 0 aromatic rings. The highest BCUT2D eigenvalue weighted by molar-refractivity contribution is 6.11. The van der Waals surface area contributed by atoms with Crippen molar-refractivity contribution < 1.29 is 19.1 Å². The molecule has 2 unspecified atom stereocenters. The predicted octanol–water partition coefficient (Wildman–Crippen LogP) is 3.15. The molecule has 0 radical (unpaired) electrons. The molecule has 2 saturated carbocycles. The van der Waals surface area contributed by atoms with Gasteiger partial charge in [0, 0.05) is 5.92 Å². The van der Waals surface area contributed by atoms with E-state index in [2.05, 4.69) is 6.92 Å². The number of allylic oxidation sites excluding steroid dienone is 1. The van der Waals surface area contributed by atoms with Crippen LogP contribution in [0.25, 0.3) is 0 Å². The summed E-state index contributed by atoms with van der Waals surface area (Å²) in [6.45, 7) is 2.09. The number of ketones is 1. The Balaban J connectivity index is 1.55. The molecule has 0 spiro atoms. The normalized spacial score (nSPS) is 33.4. The van der Waals surface area contributed by atoms with E-state index in [1.54, 1.807) is 6.08 Å². The highest BCUT2D eigenvalue weighted by Crippen LogP contribution is 2.47. The molecule has 0 saturated heterocycles. The van der Waals surface area contributed by atoms with E-state index in [0.29, 0.717) is 6.42 Å². The van der Waals surface area contributed by atoms with Crippen LogP contribution in [0.15, 0.2) is 12.2 Å². The minimum absolute atomic E-state index is 0.00960. The number of hydrogen-bond acceptors (Lipinski definition) is 4. The van der Waals surface area contributed by atoms with E-state index in [4.69, 9.17) is 9.47 Å². The topological polar surface area (TPSA) is 52.6 Å². The fourth-order valence-corrected chi connectivity index (χ4v) is 4.00. The summed E-state index contributed by atoms with van der Waals surface area (Å²) in [4.78, 5) is 24.4. The van der Waals surface area contributed by atoms with Crippen molar-refractivity contribution >= 4 is 11.8 Å². The quantitative estimate of drug-likeness (QED) is 0.338. The van der Waals surface area contributed by atoms with E-state index in [1.807, 2.05) is 6.08 Å². The summed E-state index contributed by atoms with van der Waals surface area (Å²) in [6.07, 6.45) is 11.6. The van der Waals surface area contributed by atoms with Crippen molar-refractivity contribution in [2.75, 3.05) is 6.79 Å². The molecule has 2 atom stereocenters. The van der Waals surface area contributed by atoms with Gasteiger partial charge >= 0.3 is 5.97 Å². The lowest BCUT2D eigenvalue weighted by molar-refractivity contribution is -0.186. The lowest BCUT2D eigenvalue weighted by atomic mass is 9.83. The first kappa shape index (κ1) is 14.8. The van der Waals surface area contributed by atoms with Crippen LogP contribution in [0.4, 0.5) is 0 Å². The minimum atomic E-state index is -1.00. The van der Waals surface area contributed by atoms with Crippen LogP contribution < -0.4 is 0 Å². The minimum Gasteiger partial charge on any atom is -0.437 e. The van der Waals surface area contributed by atoms with Gasteiger partial charge in [-0.3, -0.25) is 9.59 Å². The third-order valence-electron chi connectivity index (χ3n) is 5.57. The summed E-state index contributed by atoms with van der Waals surface area (Å²) >= 11 is 0. The number of hydrogen-bond donors (Lipinski definition) is 0. The Bertz CT molecular complexity index is 461. The van der Waals surface area contributed by atoms with Crippen molar-refractivity contribution in [3.05, 3.63) is 12.2 Å². The fourth-order valence-electron chi connectivity index (χ4n) is 4.00. The average Bonchev–Trinajstić information content (AvgIpc) is 3.02. The Labute approximate surface area is 125 Å². The third-order valence-corrected chi connectivity index (χ3v) is 5.57. The summed E-state index contributed by atoms with van der Waals surface area (Å²) in [5, 5.41) is 0. The van der Waals surface area contributed by atoms with Crippen LogP contribution in [0.2, 0.25) is 0 Å². The van der Waals surface area contributed by atoms with Crippen LogP contribution in [-0.2, 0) is 19.1 Å². The van der Waals surface area contributed by atoms with Gasteiger partial charge in [-0.15, -0.1) is 0 Å². The number of esters is 1. The molecule has 0 aliphatic heterocycles. The van der Waals surface area contributed by atoms with Crippen LogP contribution in [0.3, 0.4) is 0 Å². The second kappa shape index (κ2) is 5.56. The zero-order chi connectivity index (χ0) is 14.9. The van der Waals surface area contributed by atoms with Crippen molar-refractivity contribution in [1.29, 1.82) is 0 Å². The lowest BCUT2D eigenvalue weighted by Crippen LogP contribution is -2.38. The van der Waals surface area contributed by atoms with E-state index in [-0.39, 0.29) is 24.1 Å². The van der Waals surface area contributed by atoms with Gasteiger partial charge in [0.05, 0.1) is 5.60 Å². The predicted molar refractivity (Wildman–Crippen MR) is 77.5 cm³/mol. The van der Waals surface area contributed by atoms with Crippen LogP contribution in [0.5, 0.6) is 0 Å². The maximum absolute atomic E-state index is 12.3. The number of rotatable bonds is 5. The first-order valence-electron chi connectivity index (χ1n) is 8.17. The lowest BCUT2D eigenvalue weighted by Gasteiger charge is -2.36. The van der Waals surface area contributed by atoms with Gasteiger partial charge in [0.15, 0.2) is 12.6 Å². The zero-order valence-electron chi connectivity index (χ0n) is 12.7. The van der Waals surface area contributed by atoms with E-state index in [0.717, 1.165) is 25.7 Å². The number of Topliss-reactive ketones (excluding diaryl/α,β-unsaturated/α-hetero) is 1. The number of carbonyl (C=O) groups is 2. The summed E-state index contributed by atoms with van der Waals surface area (Å²) in [5.74, 6) is -0.486. The molecule has 0 aromatic carbocycles. The first-order valence-corrected chi connectivity index (χ1v) is 8.17. The molecule has 21 heavy (non-hydrogen) atoms. The van der Waals surface area contributed by atoms with Crippen LogP contribution in [0.1, 0.15) is 58.3 Å². The molecule has 116 valence electrons. The molecule has 2 fully saturated rings. The number of carbonyl (C=O) groups excluding carboxylic acids is 2. The Hall–Kier alpha value is -1.16. The van der Waals surface area contributed by atoms with Gasteiger partial charge in [-0.05, 0) is 32.1 Å². The van der Waals surface area contributed by atoms with Crippen LogP contribution >= 0.6 is 0 Å². The SMILES string of the molecule is CCC1(OCOC(=O)C23C=CC(CC2)C3=O)CCCCC1. The summed E-state index contributed by atoms with van der Waals surface area (Å²) < 4.78 is 11.2. The molecule has 0 N–H and O–H groups in total. The van der Waals surface area contributed by atoms with Gasteiger partial charge < -0.3 is 9.47 Å². The van der Waals surface area contributed by atoms with Gasteiger partial charge in [0.2, 0.25) is 0 Å². The zero-order valence-corrected chi connectivity index (χ0v) is 12.7. The van der Waals surface area contributed by atoms with Gasteiger partial charge in [0.1, 0.15) is 5.41 Å². The molecule has 0 heterocycles. The number of ether oxygens (including phenoxy) is 2. The smallest absolute Gasteiger partial charge is 0.325 e. The monoisotopic (exact) mass is 292 g/mol. The Morgan fingerprint density at radius 1 is 1.29 bits per heavy atom. The van der Waals surface area contributed by atoms with E-state index in [1.165, 1.54) is 19.3 Å². The maximum Gasteiger partial charge on any atom is 0.325 e. The Kier molecular flexibility index (Phi) is 3.91. The Morgan fingerprint density at radius 2 is 2.05 bits per heavy atom. The summed E-state index contributed by atoms with van der Waals surface area (Å²) in [7, 11) is 0. The van der Waals surface area contributed by atoms with Crippen molar-refractivity contribution in [3.8, 4) is 0 Å². The van der Waals surface area contributed by atoms with Crippen molar-refractivity contribution in [1.82, 2.24) is 0 Å². The highest BCUT2D eigenvalue weighted by atomic mass is 16.7. The van der Waals surface area contributed by atoms with E-state index < -0.39 is 11.4 Å². The standard InChI is InChI=1S/C17H24O4/c1-2-16(8-4-3-5-9-16)21-12-20-15(19)17-10-6-13(7-11-17)14(17)18/h6,10,13H,2-5,7-9,11-12H2,1H3. The fraction of sp³-hybridized carbons (Fsp3) is 0.765. The van der Waals surface area contributed by atoms with Crippen molar-refractivity contribution in [3.63, 3.8) is 0 Å². The molecule has 0 amide bonds. The maximum atomic E-state index is 12.3. The van der Waals surface area contributed by atoms with Crippen LogP contribution in [-0.4, -0.2) is 24.1 Å². The second-order valence-corrected chi connectivity index (χ2v) is 6.63. The van der Waals surface area contributed by atoms with Gasteiger partial charge in [-0.2, -0.15) is 0 Å². The Morgan fingerprint density at radius 3 is 2.57 bits per heavy atom. The number of fused-ring (bicyclic) bond motifs is 2. The average molecular weight is 292 g/mol. The van der Waals surface area contributed by atoms with Crippen molar-refractivity contribution in [2.24, 2.45) is 11.3 Å². The molecular formula is C17H24O4. The molecular weight excluding hydrogens is 268 g/mol.